The molecule has 0 bridgehead atoms. The van der Waals surface area contributed by atoms with Crippen molar-refractivity contribution in [3.05, 3.63) is 63.4 Å². The van der Waals surface area contributed by atoms with E-state index in [1.54, 1.807) is 0 Å². The highest BCUT2D eigenvalue weighted by molar-refractivity contribution is 7.89. The molecule has 0 radical (unpaired) electrons. The van der Waals surface area contributed by atoms with E-state index in [9.17, 15) is 26.4 Å². The van der Waals surface area contributed by atoms with Crippen LogP contribution in [0.4, 0.5) is 13.2 Å². The van der Waals surface area contributed by atoms with Crippen molar-refractivity contribution < 1.29 is 26.4 Å². The van der Waals surface area contributed by atoms with Gasteiger partial charge in [-0.25, -0.2) is 12.7 Å². The number of nitrogens with one attached hydrogen (secondary N) is 1. The number of alkyl halides is 3. The molecule has 1 fully saturated rings. The minimum absolute atomic E-state index is 0.0155. The molecule has 0 saturated carbocycles. The summed E-state index contributed by atoms with van der Waals surface area (Å²) in [6.07, 6.45) is -3.28. The molecule has 2 aromatic rings. The van der Waals surface area contributed by atoms with Gasteiger partial charge in [0.25, 0.3) is 5.91 Å². The van der Waals surface area contributed by atoms with Crippen LogP contribution in [0.25, 0.3) is 0 Å². The molecule has 0 spiro atoms. The van der Waals surface area contributed by atoms with Gasteiger partial charge >= 0.3 is 6.18 Å². The van der Waals surface area contributed by atoms with E-state index in [2.05, 4.69) is 10.3 Å². The van der Waals surface area contributed by atoms with E-state index in [0.29, 0.717) is 5.02 Å². The summed E-state index contributed by atoms with van der Waals surface area (Å²) in [6.45, 7) is 1.36. The van der Waals surface area contributed by atoms with Crippen LogP contribution in [0.15, 0.2) is 36.5 Å². The van der Waals surface area contributed by atoms with Gasteiger partial charge in [-0.2, -0.15) is 13.2 Å². The van der Waals surface area contributed by atoms with Crippen LogP contribution in [0.5, 0.6) is 0 Å². The number of nitrogens with zero attached hydrogens (tertiary/aromatic N) is 2. The number of amides is 1. The zero-order valence-corrected chi connectivity index (χ0v) is 20.0. The van der Waals surface area contributed by atoms with Crippen LogP contribution in [0.3, 0.4) is 0 Å². The molecule has 1 aliphatic heterocycles. The zero-order chi connectivity index (χ0) is 24.4. The molecule has 3 rings (SSSR count). The molecule has 180 valence electrons. The average Bonchev–Trinajstić information content (AvgIpc) is 2.77. The van der Waals surface area contributed by atoms with E-state index in [0.717, 1.165) is 6.07 Å². The van der Waals surface area contributed by atoms with Crippen LogP contribution in [0.2, 0.25) is 10.0 Å². The van der Waals surface area contributed by atoms with Crippen LogP contribution < -0.4 is 5.32 Å². The molecule has 1 saturated heterocycles. The molecule has 0 atom stereocenters. The van der Waals surface area contributed by atoms with E-state index in [1.807, 2.05) is 0 Å². The van der Waals surface area contributed by atoms with Gasteiger partial charge in [-0.15, -0.1) is 0 Å². The van der Waals surface area contributed by atoms with Crippen LogP contribution >= 0.6 is 23.2 Å². The Labute approximate surface area is 200 Å². The third-order valence-electron chi connectivity index (χ3n) is 5.82. The molecule has 6 nitrogen and oxygen atoms in total. The average molecular weight is 524 g/mol. The summed E-state index contributed by atoms with van der Waals surface area (Å²) in [7, 11) is -3.50. The quantitative estimate of drug-likeness (QED) is 0.603. The first-order chi connectivity index (χ1) is 15.4. The summed E-state index contributed by atoms with van der Waals surface area (Å²) in [5, 5.41) is 3.11. The monoisotopic (exact) mass is 523 g/mol. The van der Waals surface area contributed by atoms with Crippen molar-refractivity contribution in [3.63, 3.8) is 0 Å². The van der Waals surface area contributed by atoms with Crippen molar-refractivity contribution in [3.8, 4) is 0 Å². The Bertz CT molecular complexity index is 1140. The third kappa shape index (κ3) is 5.62. The number of halogens is 5. The molecule has 1 amide bonds. The predicted octanol–water partition coefficient (Wildman–Crippen LogP) is 4.52. The summed E-state index contributed by atoms with van der Waals surface area (Å²) in [6, 6.07) is 6.43. The molecular formula is C21H22Cl2F3N3O3S. The second-order valence-corrected chi connectivity index (χ2v) is 10.9. The zero-order valence-electron chi connectivity index (χ0n) is 17.6. The summed E-state index contributed by atoms with van der Waals surface area (Å²) in [4.78, 5) is 16.8. The van der Waals surface area contributed by atoms with Crippen molar-refractivity contribution in [2.75, 3.05) is 25.4 Å². The van der Waals surface area contributed by atoms with E-state index >= 15 is 0 Å². The van der Waals surface area contributed by atoms with Gasteiger partial charge in [-0.3, -0.25) is 9.78 Å². The second kappa shape index (κ2) is 9.77. The fourth-order valence-electron chi connectivity index (χ4n) is 3.95. The van der Waals surface area contributed by atoms with E-state index < -0.39 is 33.1 Å². The highest BCUT2D eigenvalue weighted by Gasteiger charge is 2.46. The summed E-state index contributed by atoms with van der Waals surface area (Å²) in [5.41, 5.74) is -2.22. The van der Waals surface area contributed by atoms with Crippen LogP contribution in [-0.4, -0.2) is 49.0 Å². The van der Waals surface area contributed by atoms with Crippen LogP contribution in [-0.2, 0) is 21.6 Å². The normalized spacial score (nSPS) is 17.0. The Balaban J connectivity index is 1.95. The van der Waals surface area contributed by atoms with Crippen molar-refractivity contribution in [2.24, 2.45) is 0 Å². The van der Waals surface area contributed by atoms with Gasteiger partial charge in [-0.05, 0) is 50.1 Å². The Morgan fingerprint density at radius 1 is 1.21 bits per heavy atom. The number of pyridine rings is 1. The molecular weight excluding hydrogens is 502 g/mol. The first-order valence-corrected chi connectivity index (χ1v) is 12.5. The van der Waals surface area contributed by atoms with Gasteiger partial charge in [0.1, 0.15) is 0 Å². The van der Waals surface area contributed by atoms with Crippen molar-refractivity contribution in [1.29, 1.82) is 0 Å². The van der Waals surface area contributed by atoms with Gasteiger partial charge in [0, 0.05) is 36.3 Å². The molecule has 1 N–H and O–H groups in total. The number of aromatic nitrogens is 1. The highest BCUT2D eigenvalue weighted by Crippen LogP contribution is 2.42. The maximum Gasteiger partial charge on any atom is 0.418 e. The second-order valence-electron chi connectivity index (χ2n) is 7.78. The molecule has 0 unspecified atom stereocenters. The van der Waals surface area contributed by atoms with Crippen LogP contribution in [0.1, 0.15) is 41.4 Å². The Morgan fingerprint density at radius 3 is 2.45 bits per heavy atom. The number of benzene rings is 1. The Morgan fingerprint density at radius 2 is 1.88 bits per heavy atom. The largest absolute Gasteiger partial charge is 0.418 e. The molecule has 1 aromatic carbocycles. The van der Waals surface area contributed by atoms with Gasteiger partial charge in [0.2, 0.25) is 10.0 Å². The lowest BCUT2D eigenvalue weighted by molar-refractivity contribution is -0.139. The number of carbonyl (C=O) groups excluding carboxylic acids is 1. The predicted molar refractivity (Wildman–Crippen MR) is 120 cm³/mol. The van der Waals surface area contributed by atoms with Gasteiger partial charge < -0.3 is 5.32 Å². The topological polar surface area (TPSA) is 79.4 Å². The molecule has 1 aromatic heterocycles. The van der Waals surface area contributed by atoms with E-state index in [1.165, 1.54) is 41.7 Å². The fourth-order valence-corrected chi connectivity index (χ4v) is 5.55. The molecule has 12 heteroatoms. The third-order valence-corrected chi connectivity index (χ3v) is 8.25. The van der Waals surface area contributed by atoms with Crippen molar-refractivity contribution in [1.82, 2.24) is 14.6 Å². The summed E-state index contributed by atoms with van der Waals surface area (Å²) >= 11 is 11.9. The number of piperidine rings is 1. The lowest BCUT2D eigenvalue weighted by Gasteiger charge is -2.42. The molecule has 2 heterocycles. The lowest BCUT2D eigenvalue weighted by atomic mass is 9.74. The minimum Gasteiger partial charge on any atom is -0.351 e. The first kappa shape index (κ1) is 25.7. The van der Waals surface area contributed by atoms with Crippen molar-refractivity contribution >= 4 is 39.1 Å². The molecule has 0 aliphatic carbocycles. The maximum absolute atomic E-state index is 13.8. The Hall–Kier alpha value is -1.88. The lowest BCUT2D eigenvalue weighted by Crippen LogP contribution is -2.51. The minimum atomic E-state index is -4.66. The van der Waals surface area contributed by atoms with E-state index in [-0.39, 0.29) is 54.5 Å². The van der Waals surface area contributed by atoms with Crippen LogP contribution in [0, 0.1) is 0 Å². The molecule has 1 aliphatic rings. The Kier molecular flexibility index (Phi) is 7.62. The van der Waals surface area contributed by atoms with E-state index in [4.69, 9.17) is 23.2 Å². The first-order valence-electron chi connectivity index (χ1n) is 10.1. The standard InChI is InChI=1S/C21H22Cl2F3N3O3S/c1-2-33(31,32)29-10-7-20(8-11-29,18-16(21(24,25)26)4-3-9-27-18)13-28-19(30)15-6-5-14(22)12-17(15)23/h3-6,9,12H,2,7-8,10-11,13H2,1H3,(H,28,30). The summed E-state index contributed by atoms with van der Waals surface area (Å²) in [5.74, 6) is -0.687. The SMILES string of the molecule is CCS(=O)(=O)N1CCC(CNC(=O)c2ccc(Cl)cc2Cl)(c2ncccc2C(F)(F)F)CC1. The smallest absolute Gasteiger partial charge is 0.351 e. The highest BCUT2D eigenvalue weighted by atomic mass is 35.5. The summed E-state index contributed by atoms with van der Waals surface area (Å²) < 4.78 is 67.2. The number of hydrogen-bond acceptors (Lipinski definition) is 4. The fraction of sp³-hybridized carbons (Fsp3) is 0.429. The number of hydrogen-bond donors (Lipinski definition) is 1. The van der Waals surface area contributed by atoms with Gasteiger partial charge in [0.15, 0.2) is 0 Å². The van der Waals surface area contributed by atoms with Gasteiger partial charge in [-0.1, -0.05) is 23.2 Å². The molecule has 33 heavy (non-hydrogen) atoms. The van der Waals surface area contributed by atoms with Gasteiger partial charge in [0.05, 0.1) is 27.6 Å². The van der Waals surface area contributed by atoms with Crippen molar-refractivity contribution in [2.45, 2.75) is 31.4 Å². The maximum atomic E-state index is 13.8. The number of sulfonamides is 1. The number of rotatable bonds is 6. The number of carbonyl (C=O) groups is 1.